The van der Waals surface area contributed by atoms with Gasteiger partial charge in [0.25, 0.3) is 5.56 Å². The minimum absolute atomic E-state index is 0.0273. The van der Waals surface area contributed by atoms with E-state index < -0.39 is 0 Å². The predicted molar refractivity (Wildman–Crippen MR) is 95.7 cm³/mol. The molecule has 0 radical (unpaired) electrons. The first-order chi connectivity index (χ1) is 11.6. The van der Waals surface area contributed by atoms with E-state index >= 15 is 0 Å². The fraction of sp³-hybridized carbons (Fsp3) is 0.412. The zero-order valence-corrected chi connectivity index (χ0v) is 14.7. The fourth-order valence-electron chi connectivity index (χ4n) is 2.74. The molecule has 3 aromatic rings. The monoisotopic (exact) mass is 344 g/mol. The lowest BCUT2D eigenvalue weighted by Gasteiger charge is -2.10. The molecule has 2 heterocycles. The number of aryl methyl sites for hydroxylation is 1. The summed E-state index contributed by atoms with van der Waals surface area (Å²) in [5.74, 6) is 1.57. The molecule has 0 N–H and O–H groups in total. The van der Waals surface area contributed by atoms with Crippen LogP contribution in [-0.4, -0.2) is 30.7 Å². The van der Waals surface area contributed by atoms with E-state index in [-0.39, 0.29) is 11.3 Å². The summed E-state index contributed by atoms with van der Waals surface area (Å²) in [4.78, 5) is 23.8. The highest BCUT2D eigenvalue weighted by Gasteiger charge is 2.16. The summed E-state index contributed by atoms with van der Waals surface area (Å²) in [6.07, 6.45) is 2.23. The number of hydrogen-bond acceptors (Lipinski definition) is 5. The normalized spacial score (nSPS) is 11.4. The van der Waals surface area contributed by atoms with Gasteiger partial charge in [-0.3, -0.25) is 13.8 Å². The number of fused-ring (bicyclic) bond motifs is 3. The molecule has 1 aromatic carbocycles. The Hall–Kier alpha value is -2.15. The summed E-state index contributed by atoms with van der Waals surface area (Å²) in [7, 11) is 0. The second kappa shape index (κ2) is 7.17. The molecule has 7 heteroatoms. The van der Waals surface area contributed by atoms with Gasteiger partial charge in [-0.25, -0.2) is 0 Å². The van der Waals surface area contributed by atoms with Crippen molar-refractivity contribution in [2.24, 2.45) is 0 Å². The number of nitrogens with zero attached hydrogens (tertiary/aromatic N) is 4. The molecule has 0 saturated carbocycles. The SMILES string of the molecule is CCCn1c(=O)c2ccccc2n2c(SCCCC(C)=O)nnc12. The van der Waals surface area contributed by atoms with Crippen molar-refractivity contribution in [2.45, 2.75) is 44.8 Å². The number of benzene rings is 1. The van der Waals surface area contributed by atoms with Crippen LogP contribution in [0.4, 0.5) is 0 Å². The van der Waals surface area contributed by atoms with Crippen LogP contribution in [0.5, 0.6) is 0 Å². The molecule has 0 aliphatic carbocycles. The van der Waals surface area contributed by atoms with Crippen molar-refractivity contribution in [1.82, 2.24) is 19.2 Å². The lowest BCUT2D eigenvalue weighted by atomic mass is 10.2. The number of Topliss-reactive ketones (excluding diaryl/α,β-unsaturated/α-hetero) is 1. The van der Waals surface area contributed by atoms with Crippen molar-refractivity contribution in [3.8, 4) is 0 Å². The molecule has 0 amide bonds. The zero-order chi connectivity index (χ0) is 17.1. The molecule has 2 aromatic heterocycles. The Labute approximate surface area is 143 Å². The maximum absolute atomic E-state index is 12.7. The molecule has 0 aliphatic rings. The number of carbonyl (C=O) groups is 1. The van der Waals surface area contributed by atoms with E-state index in [0.717, 1.165) is 29.3 Å². The van der Waals surface area contributed by atoms with E-state index in [1.807, 2.05) is 35.6 Å². The van der Waals surface area contributed by atoms with Crippen molar-refractivity contribution in [3.05, 3.63) is 34.6 Å². The predicted octanol–water partition coefficient (Wildman–Crippen LogP) is 2.92. The summed E-state index contributed by atoms with van der Waals surface area (Å²) in [6, 6.07) is 7.54. The summed E-state index contributed by atoms with van der Waals surface area (Å²) in [6.45, 7) is 4.25. The molecule has 0 aliphatic heterocycles. The molecular formula is C17H20N4O2S. The lowest BCUT2D eigenvalue weighted by molar-refractivity contribution is -0.117. The van der Waals surface area contributed by atoms with Crippen molar-refractivity contribution in [3.63, 3.8) is 0 Å². The smallest absolute Gasteiger partial charge is 0.262 e. The molecule has 6 nitrogen and oxygen atoms in total. The van der Waals surface area contributed by atoms with E-state index in [2.05, 4.69) is 10.2 Å². The Morgan fingerprint density at radius 3 is 2.79 bits per heavy atom. The third-order valence-corrected chi connectivity index (χ3v) is 4.84. The van der Waals surface area contributed by atoms with Gasteiger partial charge in [0.05, 0.1) is 10.9 Å². The van der Waals surface area contributed by atoms with Crippen LogP contribution in [0.2, 0.25) is 0 Å². The van der Waals surface area contributed by atoms with Crippen molar-refractivity contribution >= 4 is 34.2 Å². The average molecular weight is 344 g/mol. The Bertz CT molecular complexity index is 945. The van der Waals surface area contributed by atoms with Gasteiger partial charge in [-0.2, -0.15) is 0 Å². The highest BCUT2D eigenvalue weighted by molar-refractivity contribution is 7.99. The Morgan fingerprint density at radius 2 is 2.04 bits per heavy atom. The quantitative estimate of drug-likeness (QED) is 0.487. The minimum Gasteiger partial charge on any atom is -0.300 e. The Balaban J connectivity index is 2.09. The summed E-state index contributed by atoms with van der Waals surface area (Å²) >= 11 is 1.57. The van der Waals surface area contributed by atoms with Crippen LogP contribution in [0.3, 0.4) is 0 Å². The van der Waals surface area contributed by atoms with E-state index in [9.17, 15) is 9.59 Å². The maximum Gasteiger partial charge on any atom is 0.262 e. The average Bonchev–Trinajstić information content (AvgIpc) is 2.99. The molecule has 24 heavy (non-hydrogen) atoms. The molecule has 0 unspecified atom stereocenters. The summed E-state index contributed by atoms with van der Waals surface area (Å²) in [5, 5.41) is 9.96. The first-order valence-electron chi connectivity index (χ1n) is 8.12. The van der Waals surface area contributed by atoms with E-state index in [0.29, 0.717) is 24.1 Å². The van der Waals surface area contributed by atoms with Gasteiger partial charge >= 0.3 is 0 Å². The standard InChI is InChI=1S/C17H20N4O2S/c1-3-10-20-15(23)13-8-4-5-9-14(13)21-16(20)18-19-17(21)24-11-6-7-12(2)22/h4-5,8-9H,3,6-7,10-11H2,1-2H3. The molecule has 0 bridgehead atoms. The highest BCUT2D eigenvalue weighted by atomic mass is 32.2. The number of ketones is 1. The van der Waals surface area contributed by atoms with Gasteiger partial charge < -0.3 is 4.79 Å². The van der Waals surface area contributed by atoms with Crippen LogP contribution in [0.15, 0.2) is 34.2 Å². The second-order valence-electron chi connectivity index (χ2n) is 5.75. The molecule has 0 spiro atoms. The van der Waals surface area contributed by atoms with Crippen molar-refractivity contribution in [1.29, 1.82) is 0 Å². The van der Waals surface area contributed by atoms with Crippen LogP contribution in [0, 0.1) is 0 Å². The molecule has 126 valence electrons. The van der Waals surface area contributed by atoms with Crippen molar-refractivity contribution in [2.75, 3.05) is 5.75 Å². The van der Waals surface area contributed by atoms with Gasteiger partial charge in [-0.15, -0.1) is 10.2 Å². The Morgan fingerprint density at radius 1 is 1.25 bits per heavy atom. The van der Waals surface area contributed by atoms with Gasteiger partial charge in [-0.05, 0) is 31.9 Å². The van der Waals surface area contributed by atoms with Gasteiger partial charge in [0, 0.05) is 18.7 Å². The molecular weight excluding hydrogens is 324 g/mol. The fourth-order valence-corrected chi connectivity index (χ4v) is 3.62. The summed E-state index contributed by atoms with van der Waals surface area (Å²) < 4.78 is 3.64. The highest BCUT2D eigenvalue weighted by Crippen LogP contribution is 2.22. The van der Waals surface area contributed by atoms with Crippen LogP contribution < -0.4 is 5.56 Å². The van der Waals surface area contributed by atoms with Gasteiger partial charge in [0.2, 0.25) is 5.78 Å². The third kappa shape index (κ3) is 3.08. The number of aromatic nitrogens is 4. The number of carbonyl (C=O) groups excluding carboxylic acids is 1. The van der Waals surface area contributed by atoms with E-state index in [4.69, 9.17) is 0 Å². The lowest BCUT2D eigenvalue weighted by Crippen LogP contribution is -2.23. The topological polar surface area (TPSA) is 69.3 Å². The number of para-hydroxylation sites is 1. The minimum atomic E-state index is -0.0273. The second-order valence-corrected chi connectivity index (χ2v) is 6.81. The van der Waals surface area contributed by atoms with E-state index in [1.54, 1.807) is 23.3 Å². The number of rotatable bonds is 7. The molecule has 0 atom stereocenters. The van der Waals surface area contributed by atoms with Crippen LogP contribution >= 0.6 is 11.8 Å². The third-order valence-electron chi connectivity index (χ3n) is 3.83. The van der Waals surface area contributed by atoms with Crippen molar-refractivity contribution < 1.29 is 4.79 Å². The van der Waals surface area contributed by atoms with Gasteiger partial charge in [-0.1, -0.05) is 30.8 Å². The first-order valence-corrected chi connectivity index (χ1v) is 9.11. The Kier molecular flexibility index (Phi) is 4.99. The maximum atomic E-state index is 12.7. The van der Waals surface area contributed by atoms with E-state index in [1.165, 1.54) is 0 Å². The first kappa shape index (κ1) is 16.7. The van der Waals surface area contributed by atoms with Gasteiger partial charge in [0.15, 0.2) is 5.16 Å². The summed E-state index contributed by atoms with van der Waals surface area (Å²) in [5.41, 5.74) is 0.796. The van der Waals surface area contributed by atoms with Gasteiger partial charge in [0.1, 0.15) is 5.78 Å². The van der Waals surface area contributed by atoms with Crippen LogP contribution in [0.1, 0.15) is 33.1 Å². The molecule has 3 rings (SSSR count). The largest absolute Gasteiger partial charge is 0.300 e. The molecule has 0 fully saturated rings. The van der Waals surface area contributed by atoms with Crippen LogP contribution in [-0.2, 0) is 11.3 Å². The zero-order valence-electron chi connectivity index (χ0n) is 13.9. The van der Waals surface area contributed by atoms with Crippen LogP contribution in [0.25, 0.3) is 16.7 Å². The number of thioether (sulfide) groups is 1. The number of hydrogen-bond donors (Lipinski definition) is 0. The molecule has 0 saturated heterocycles.